The molecule has 26 heavy (non-hydrogen) atoms. The second kappa shape index (κ2) is 10.5. The maximum absolute atomic E-state index is 11.9. The number of methoxy groups -OCH3 is 2. The molecule has 0 aromatic carbocycles. The van der Waals surface area contributed by atoms with Gasteiger partial charge in [-0.1, -0.05) is 0 Å². The Bertz CT molecular complexity index is 470. The van der Waals surface area contributed by atoms with Gasteiger partial charge in [0, 0.05) is 12.1 Å². The van der Waals surface area contributed by atoms with Gasteiger partial charge in [0.05, 0.1) is 14.2 Å². The Hall–Kier alpha value is -2.52. The van der Waals surface area contributed by atoms with E-state index in [-0.39, 0.29) is 12.1 Å². The minimum atomic E-state index is -1.12. The van der Waals surface area contributed by atoms with Gasteiger partial charge in [0.2, 0.25) is 0 Å². The molecule has 0 atom stereocenters. The van der Waals surface area contributed by atoms with E-state index in [4.69, 9.17) is 10.2 Å². The molecule has 148 valence electrons. The second-order valence-corrected chi connectivity index (χ2v) is 6.15. The minimum absolute atomic E-state index is 0.273. The molecular formula is C16H26N2O8. The Morgan fingerprint density at radius 1 is 0.769 bits per heavy atom. The molecule has 2 amide bonds. The van der Waals surface area contributed by atoms with Crippen molar-refractivity contribution in [1.82, 2.24) is 9.80 Å². The highest BCUT2D eigenvalue weighted by molar-refractivity contribution is 5.77. The van der Waals surface area contributed by atoms with Crippen LogP contribution in [0.2, 0.25) is 0 Å². The van der Waals surface area contributed by atoms with Crippen LogP contribution in [0.4, 0.5) is 9.59 Å². The quantitative estimate of drug-likeness (QED) is 0.712. The molecule has 0 aromatic heterocycles. The monoisotopic (exact) mass is 374 g/mol. The molecule has 0 radical (unpaired) electrons. The summed E-state index contributed by atoms with van der Waals surface area (Å²) in [6.45, 7) is -0.873. The highest BCUT2D eigenvalue weighted by atomic mass is 16.5. The molecule has 0 saturated heterocycles. The Morgan fingerprint density at radius 2 is 1.08 bits per heavy atom. The molecule has 10 heteroatoms. The fourth-order valence-electron chi connectivity index (χ4n) is 3.30. The van der Waals surface area contributed by atoms with Crippen molar-refractivity contribution >= 4 is 24.1 Å². The van der Waals surface area contributed by atoms with Crippen molar-refractivity contribution in [1.29, 1.82) is 0 Å². The lowest BCUT2D eigenvalue weighted by Crippen LogP contribution is -2.46. The zero-order valence-corrected chi connectivity index (χ0v) is 15.0. The van der Waals surface area contributed by atoms with Crippen LogP contribution in [0, 0.1) is 0 Å². The average Bonchev–Trinajstić information content (AvgIpc) is 2.56. The van der Waals surface area contributed by atoms with E-state index in [0.717, 1.165) is 0 Å². The number of carbonyl (C=O) groups excluding carboxylic acids is 2. The second-order valence-electron chi connectivity index (χ2n) is 6.15. The standard InChI is InChI=1S/C16H26N2O8/c1-25-15(23)17(9-13(19)20)11-5-3-7-12(8-4-6-11)18(10-14(21)22)16(24)26-2/h11-12H,3-10H2,1-2H3,(H,19,20)(H,21,22)/t11-,12+. The van der Waals surface area contributed by atoms with Crippen LogP contribution in [0.1, 0.15) is 38.5 Å². The highest BCUT2D eigenvalue weighted by Gasteiger charge is 2.31. The fraction of sp³-hybridized carbons (Fsp3) is 0.750. The Kier molecular flexibility index (Phi) is 8.66. The van der Waals surface area contributed by atoms with Crippen LogP contribution in [0.3, 0.4) is 0 Å². The van der Waals surface area contributed by atoms with E-state index in [2.05, 4.69) is 9.47 Å². The number of nitrogens with zero attached hydrogens (tertiary/aromatic N) is 2. The van der Waals surface area contributed by atoms with E-state index in [1.807, 2.05) is 0 Å². The first kappa shape index (κ1) is 21.5. The maximum Gasteiger partial charge on any atom is 0.410 e. The number of amides is 2. The molecule has 0 aromatic rings. The van der Waals surface area contributed by atoms with Gasteiger partial charge in [0.15, 0.2) is 0 Å². The summed E-state index contributed by atoms with van der Waals surface area (Å²) in [7, 11) is 2.41. The van der Waals surface area contributed by atoms with Gasteiger partial charge in [-0.15, -0.1) is 0 Å². The summed E-state index contributed by atoms with van der Waals surface area (Å²) in [5.74, 6) is -2.23. The van der Waals surface area contributed by atoms with Crippen LogP contribution in [0.5, 0.6) is 0 Å². The van der Waals surface area contributed by atoms with Gasteiger partial charge in [0.25, 0.3) is 0 Å². The van der Waals surface area contributed by atoms with Crippen LogP contribution in [-0.4, -0.2) is 83.5 Å². The lowest BCUT2D eigenvalue weighted by molar-refractivity contribution is -0.139. The van der Waals surface area contributed by atoms with Gasteiger partial charge in [0.1, 0.15) is 13.1 Å². The molecule has 1 rings (SSSR count). The Morgan fingerprint density at radius 3 is 1.31 bits per heavy atom. The lowest BCUT2D eigenvalue weighted by atomic mass is 9.92. The van der Waals surface area contributed by atoms with Gasteiger partial charge in [-0.2, -0.15) is 0 Å². The summed E-state index contributed by atoms with van der Waals surface area (Å²) >= 11 is 0. The molecule has 1 aliphatic rings. The van der Waals surface area contributed by atoms with Gasteiger partial charge < -0.3 is 19.7 Å². The Balaban J connectivity index is 2.77. The predicted octanol–water partition coefficient (Wildman–Crippen LogP) is 1.38. The van der Waals surface area contributed by atoms with Crippen molar-refractivity contribution in [3.05, 3.63) is 0 Å². The molecule has 0 heterocycles. The highest BCUT2D eigenvalue weighted by Crippen LogP contribution is 2.25. The minimum Gasteiger partial charge on any atom is -0.480 e. The van der Waals surface area contributed by atoms with Crippen LogP contribution in [-0.2, 0) is 19.1 Å². The average molecular weight is 374 g/mol. The molecule has 0 spiro atoms. The zero-order valence-electron chi connectivity index (χ0n) is 15.0. The number of rotatable bonds is 6. The topological polar surface area (TPSA) is 134 Å². The SMILES string of the molecule is COC(=O)N(CC(=O)O)[C@H]1CCC[C@@H](N(CC(=O)O)C(=O)OC)CCC1. The van der Waals surface area contributed by atoms with Gasteiger partial charge in [-0.3, -0.25) is 19.4 Å². The molecule has 1 fully saturated rings. The number of carboxylic acid groups (broad SMARTS) is 2. The number of carbonyl (C=O) groups is 4. The fourth-order valence-corrected chi connectivity index (χ4v) is 3.30. The summed E-state index contributed by atoms with van der Waals surface area (Å²) in [5, 5.41) is 18.0. The molecular weight excluding hydrogens is 348 g/mol. The smallest absolute Gasteiger partial charge is 0.410 e. The lowest BCUT2D eigenvalue weighted by Gasteiger charge is -2.35. The van der Waals surface area contributed by atoms with E-state index in [0.29, 0.717) is 38.5 Å². The van der Waals surface area contributed by atoms with Crippen molar-refractivity contribution in [3.8, 4) is 0 Å². The van der Waals surface area contributed by atoms with Gasteiger partial charge in [-0.05, 0) is 38.5 Å². The normalized spacial score (nSPS) is 20.2. The molecule has 0 aliphatic heterocycles. The molecule has 1 aliphatic carbocycles. The molecule has 1 saturated carbocycles. The third kappa shape index (κ3) is 6.41. The van der Waals surface area contributed by atoms with Crippen molar-refractivity contribution in [2.45, 2.75) is 50.6 Å². The summed E-state index contributed by atoms with van der Waals surface area (Å²) in [5.41, 5.74) is 0. The van der Waals surface area contributed by atoms with Crippen LogP contribution in [0.15, 0.2) is 0 Å². The number of ether oxygens (including phenoxy) is 2. The Labute approximate surface area is 151 Å². The molecule has 0 unspecified atom stereocenters. The third-order valence-corrected chi connectivity index (χ3v) is 4.46. The van der Waals surface area contributed by atoms with Crippen LogP contribution < -0.4 is 0 Å². The summed E-state index contributed by atoms with van der Waals surface area (Å²) in [6, 6.07) is -0.545. The summed E-state index contributed by atoms with van der Waals surface area (Å²) in [6.07, 6.45) is 2.02. The van der Waals surface area contributed by atoms with E-state index >= 15 is 0 Å². The number of carboxylic acids is 2. The summed E-state index contributed by atoms with van der Waals surface area (Å²) in [4.78, 5) is 48.2. The van der Waals surface area contributed by atoms with E-state index < -0.39 is 37.2 Å². The van der Waals surface area contributed by atoms with Gasteiger partial charge >= 0.3 is 24.1 Å². The van der Waals surface area contributed by atoms with Crippen LogP contribution in [0.25, 0.3) is 0 Å². The van der Waals surface area contributed by atoms with Crippen molar-refractivity contribution in [2.24, 2.45) is 0 Å². The number of hydrogen-bond donors (Lipinski definition) is 2. The first-order valence-electron chi connectivity index (χ1n) is 8.42. The summed E-state index contributed by atoms with van der Waals surface area (Å²) < 4.78 is 9.35. The van der Waals surface area contributed by atoms with Gasteiger partial charge in [-0.25, -0.2) is 9.59 Å². The van der Waals surface area contributed by atoms with E-state index in [1.165, 1.54) is 24.0 Å². The molecule has 10 nitrogen and oxygen atoms in total. The third-order valence-electron chi connectivity index (χ3n) is 4.46. The molecule has 2 N–H and O–H groups in total. The van der Waals surface area contributed by atoms with E-state index in [1.54, 1.807) is 0 Å². The van der Waals surface area contributed by atoms with E-state index in [9.17, 15) is 19.2 Å². The number of hydrogen-bond acceptors (Lipinski definition) is 6. The zero-order chi connectivity index (χ0) is 19.7. The first-order chi connectivity index (χ1) is 12.3. The van der Waals surface area contributed by atoms with Crippen molar-refractivity contribution in [2.75, 3.05) is 27.3 Å². The van der Waals surface area contributed by atoms with Crippen LogP contribution >= 0.6 is 0 Å². The first-order valence-corrected chi connectivity index (χ1v) is 8.42. The maximum atomic E-state index is 11.9. The molecule has 0 bridgehead atoms. The largest absolute Gasteiger partial charge is 0.480 e. The number of aliphatic carboxylic acids is 2. The predicted molar refractivity (Wildman–Crippen MR) is 88.8 cm³/mol. The van der Waals surface area contributed by atoms with Crippen molar-refractivity contribution in [3.63, 3.8) is 0 Å². The van der Waals surface area contributed by atoms with Crippen molar-refractivity contribution < 1.29 is 38.9 Å².